The molecule has 4 N–H and O–H groups in total. The quantitative estimate of drug-likeness (QED) is 0.429. The zero-order valence-corrected chi connectivity index (χ0v) is 19.9. The Morgan fingerprint density at radius 1 is 1.12 bits per heavy atom. The minimum Gasteiger partial charge on any atom is -0.445 e. The molecule has 1 fully saturated rings. The Bertz CT molecular complexity index is 1020. The number of rotatable bonds is 6. The number of aromatic nitrogens is 2. The van der Waals surface area contributed by atoms with Crippen molar-refractivity contribution in [2.24, 2.45) is 11.7 Å². The van der Waals surface area contributed by atoms with Gasteiger partial charge in [-0.2, -0.15) is 5.10 Å². The van der Waals surface area contributed by atoms with Crippen molar-refractivity contribution in [3.8, 4) is 11.1 Å². The molecular weight excluding hydrogens is 428 g/mol. The van der Waals surface area contributed by atoms with E-state index >= 15 is 0 Å². The minimum absolute atomic E-state index is 0.0378. The fourth-order valence-corrected chi connectivity index (χ4v) is 4.67. The van der Waals surface area contributed by atoms with Gasteiger partial charge in [-0.25, -0.2) is 4.79 Å². The van der Waals surface area contributed by atoms with Crippen LogP contribution in [0.15, 0.2) is 54.6 Å². The number of nitrogens with zero attached hydrogens (tertiary/aromatic N) is 1. The van der Waals surface area contributed by atoms with Crippen molar-refractivity contribution in [1.82, 2.24) is 15.5 Å². The number of aromatic amines is 1. The lowest BCUT2D eigenvalue weighted by molar-refractivity contribution is -0.106. The molecule has 0 aliphatic heterocycles. The fourth-order valence-electron chi connectivity index (χ4n) is 4.67. The van der Waals surface area contributed by atoms with Gasteiger partial charge in [-0.3, -0.25) is 9.89 Å². The monoisotopic (exact) mass is 462 g/mol. The van der Waals surface area contributed by atoms with Crippen molar-refractivity contribution in [3.63, 3.8) is 0 Å². The van der Waals surface area contributed by atoms with Crippen LogP contribution in [0.2, 0.25) is 0 Å². The van der Waals surface area contributed by atoms with Crippen LogP contribution in [-0.2, 0) is 16.1 Å². The summed E-state index contributed by atoms with van der Waals surface area (Å²) in [4.78, 5) is 21.2. The van der Waals surface area contributed by atoms with Crippen molar-refractivity contribution in [1.29, 1.82) is 0 Å². The Balaban J connectivity index is 0.00000103. The van der Waals surface area contributed by atoms with E-state index in [1.807, 2.05) is 44.2 Å². The first-order valence-electron chi connectivity index (χ1n) is 11.8. The summed E-state index contributed by atoms with van der Waals surface area (Å²) in [5.41, 5.74) is 10.6. The van der Waals surface area contributed by atoms with Crippen molar-refractivity contribution in [2.75, 3.05) is 0 Å². The van der Waals surface area contributed by atoms with Crippen LogP contribution < -0.4 is 11.1 Å². The van der Waals surface area contributed by atoms with Crippen LogP contribution in [0.4, 0.5) is 4.79 Å². The molecule has 2 aromatic carbocycles. The van der Waals surface area contributed by atoms with Crippen molar-refractivity contribution >= 4 is 12.5 Å². The molecule has 0 saturated heterocycles. The standard InChI is InChI=1S/C26H31N3O2.CH3NO/c1-18-24(19(2)29-28-18)21-13-15-23(16-14-21)25(22-11-7-4-8-12-22)27-26(30)31-17-20-9-5-3-6-10-20;2-1-3/h3,5-6,9-10,13-16,22,25H,4,7-8,11-12,17H2,1-2H3,(H,27,30)(H,28,29);1H,(H2,2,3). The maximum Gasteiger partial charge on any atom is 0.407 e. The SMILES string of the molecule is Cc1n[nH]c(C)c1-c1ccc(C(NC(=O)OCc2ccccc2)C2CCCCC2)cc1.NC=O. The van der Waals surface area contributed by atoms with E-state index in [0.29, 0.717) is 5.92 Å². The molecule has 4 rings (SSSR count). The van der Waals surface area contributed by atoms with E-state index < -0.39 is 0 Å². The van der Waals surface area contributed by atoms with Gasteiger partial charge in [-0.15, -0.1) is 0 Å². The number of primary amides is 1. The molecule has 180 valence electrons. The van der Waals surface area contributed by atoms with Gasteiger partial charge in [0.2, 0.25) is 6.41 Å². The van der Waals surface area contributed by atoms with Gasteiger partial charge in [0, 0.05) is 11.3 Å². The van der Waals surface area contributed by atoms with Crippen LogP contribution in [0.3, 0.4) is 0 Å². The number of H-pyrrole nitrogens is 1. The number of benzene rings is 2. The Kier molecular flexibility index (Phi) is 9.26. The molecule has 1 saturated carbocycles. The second kappa shape index (κ2) is 12.6. The Morgan fingerprint density at radius 2 is 1.76 bits per heavy atom. The zero-order valence-electron chi connectivity index (χ0n) is 19.9. The van der Waals surface area contributed by atoms with Crippen molar-refractivity contribution < 1.29 is 14.3 Å². The van der Waals surface area contributed by atoms with Crippen LogP contribution in [0.5, 0.6) is 0 Å². The second-order valence-electron chi connectivity index (χ2n) is 8.65. The summed E-state index contributed by atoms with van der Waals surface area (Å²) in [6.07, 6.45) is 5.86. The number of nitrogens with one attached hydrogen (secondary N) is 2. The molecule has 1 aliphatic rings. The van der Waals surface area contributed by atoms with Gasteiger partial charge in [-0.1, -0.05) is 73.9 Å². The molecule has 34 heavy (non-hydrogen) atoms. The number of hydrogen-bond donors (Lipinski definition) is 3. The summed E-state index contributed by atoms with van der Waals surface area (Å²) in [5.74, 6) is 0.432. The number of carbonyl (C=O) groups excluding carboxylic acids is 2. The van der Waals surface area contributed by atoms with E-state index in [1.165, 1.54) is 19.3 Å². The highest BCUT2D eigenvalue weighted by Crippen LogP contribution is 2.35. The van der Waals surface area contributed by atoms with E-state index in [9.17, 15) is 4.79 Å². The third-order valence-electron chi connectivity index (χ3n) is 6.29. The number of aryl methyl sites for hydroxylation is 2. The molecule has 7 heteroatoms. The average Bonchev–Trinajstić information content (AvgIpc) is 3.21. The number of alkyl carbamates (subject to hydrolysis) is 1. The molecule has 3 aromatic rings. The third-order valence-corrected chi connectivity index (χ3v) is 6.29. The molecule has 1 heterocycles. The molecule has 1 unspecified atom stereocenters. The van der Waals surface area contributed by atoms with Gasteiger partial charge in [-0.05, 0) is 49.3 Å². The van der Waals surface area contributed by atoms with Gasteiger partial charge in [0.1, 0.15) is 6.61 Å². The first-order valence-corrected chi connectivity index (χ1v) is 11.8. The summed E-state index contributed by atoms with van der Waals surface area (Å²) in [6.45, 7) is 4.34. The lowest BCUT2D eigenvalue weighted by Crippen LogP contribution is -2.34. The van der Waals surface area contributed by atoms with Crippen LogP contribution in [0, 0.1) is 19.8 Å². The van der Waals surface area contributed by atoms with Gasteiger partial charge in [0.05, 0.1) is 11.7 Å². The minimum atomic E-state index is -0.356. The lowest BCUT2D eigenvalue weighted by atomic mass is 9.81. The highest BCUT2D eigenvalue weighted by atomic mass is 16.5. The van der Waals surface area contributed by atoms with E-state index in [-0.39, 0.29) is 25.2 Å². The first-order chi connectivity index (χ1) is 16.5. The van der Waals surface area contributed by atoms with Crippen LogP contribution >= 0.6 is 0 Å². The molecule has 1 aliphatic carbocycles. The van der Waals surface area contributed by atoms with Gasteiger partial charge in [0.15, 0.2) is 0 Å². The zero-order chi connectivity index (χ0) is 24.3. The molecule has 0 bridgehead atoms. The van der Waals surface area contributed by atoms with Crippen LogP contribution in [0.25, 0.3) is 11.1 Å². The molecular formula is C27H34N4O3. The smallest absolute Gasteiger partial charge is 0.407 e. The topological polar surface area (TPSA) is 110 Å². The Labute approximate surface area is 201 Å². The molecule has 0 radical (unpaired) electrons. The van der Waals surface area contributed by atoms with E-state index in [2.05, 4.69) is 45.5 Å². The highest BCUT2D eigenvalue weighted by molar-refractivity contribution is 5.70. The second-order valence-corrected chi connectivity index (χ2v) is 8.65. The number of hydrogen-bond acceptors (Lipinski definition) is 4. The van der Waals surface area contributed by atoms with Gasteiger partial charge >= 0.3 is 6.09 Å². The van der Waals surface area contributed by atoms with Gasteiger partial charge < -0.3 is 15.8 Å². The Hall–Kier alpha value is -3.61. The predicted molar refractivity (Wildman–Crippen MR) is 133 cm³/mol. The molecule has 1 atom stereocenters. The summed E-state index contributed by atoms with van der Waals surface area (Å²) in [6, 6.07) is 18.3. The van der Waals surface area contributed by atoms with Crippen LogP contribution in [-0.4, -0.2) is 22.7 Å². The number of nitrogens with two attached hydrogens (primary N) is 1. The van der Waals surface area contributed by atoms with E-state index in [4.69, 9.17) is 9.53 Å². The summed E-state index contributed by atoms with van der Waals surface area (Å²) < 4.78 is 5.52. The lowest BCUT2D eigenvalue weighted by Gasteiger charge is -2.31. The normalized spacial score (nSPS) is 14.4. The third kappa shape index (κ3) is 6.70. The maximum absolute atomic E-state index is 12.6. The molecule has 1 aromatic heterocycles. The first kappa shape index (κ1) is 25.0. The fraction of sp³-hybridized carbons (Fsp3) is 0.370. The highest BCUT2D eigenvalue weighted by Gasteiger charge is 2.27. The average molecular weight is 463 g/mol. The molecule has 0 spiro atoms. The van der Waals surface area contributed by atoms with Gasteiger partial charge in [0.25, 0.3) is 0 Å². The van der Waals surface area contributed by atoms with Crippen molar-refractivity contribution in [3.05, 3.63) is 77.1 Å². The number of ether oxygens (including phenoxy) is 1. The number of amides is 2. The molecule has 2 amide bonds. The largest absolute Gasteiger partial charge is 0.445 e. The molecule has 7 nitrogen and oxygen atoms in total. The van der Waals surface area contributed by atoms with E-state index in [1.54, 1.807) is 0 Å². The summed E-state index contributed by atoms with van der Waals surface area (Å²) >= 11 is 0. The number of carbonyl (C=O) groups is 2. The maximum atomic E-state index is 12.6. The summed E-state index contributed by atoms with van der Waals surface area (Å²) in [7, 11) is 0. The van der Waals surface area contributed by atoms with Crippen molar-refractivity contribution in [2.45, 2.75) is 58.6 Å². The summed E-state index contributed by atoms with van der Waals surface area (Å²) in [5, 5.41) is 10.5. The Morgan fingerprint density at radius 3 is 2.35 bits per heavy atom. The van der Waals surface area contributed by atoms with Crippen LogP contribution in [0.1, 0.15) is 60.7 Å². The van der Waals surface area contributed by atoms with E-state index in [0.717, 1.165) is 46.5 Å². The predicted octanol–water partition coefficient (Wildman–Crippen LogP) is 5.34.